The Balaban J connectivity index is 1.60. The Bertz CT molecular complexity index is 980. The first kappa shape index (κ1) is 18.1. The van der Waals surface area contributed by atoms with Crippen molar-refractivity contribution in [2.45, 2.75) is 6.42 Å². The van der Waals surface area contributed by atoms with E-state index in [4.69, 9.17) is 5.26 Å². The summed E-state index contributed by atoms with van der Waals surface area (Å²) in [7, 11) is 0. The Hall–Kier alpha value is -3.72. The number of nitriles is 1. The summed E-state index contributed by atoms with van der Waals surface area (Å²) in [5, 5.41) is 14.7. The molecule has 0 aliphatic carbocycles. The first-order valence-corrected chi connectivity index (χ1v) is 8.40. The van der Waals surface area contributed by atoms with E-state index in [0.29, 0.717) is 29.8 Å². The Morgan fingerprint density at radius 1 is 1.07 bits per heavy atom. The normalized spacial score (nSPS) is 10.1. The summed E-state index contributed by atoms with van der Waals surface area (Å²) >= 11 is 0. The second kappa shape index (κ2) is 8.59. The van der Waals surface area contributed by atoms with Crippen LogP contribution < -0.4 is 10.6 Å². The second-order valence-corrected chi connectivity index (χ2v) is 5.84. The summed E-state index contributed by atoms with van der Waals surface area (Å²) in [5.74, 6) is -0.575. The molecule has 1 aromatic heterocycles. The van der Waals surface area contributed by atoms with Gasteiger partial charge < -0.3 is 10.6 Å². The molecule has 2 N–H and O–H groups in total. The second-order valence-electron chi connectivity index (χ2n) is 5.84. The van der Waals surface area contributed by atoms with Gasteiger partial charge in [-0.05, 0) is 54.4 Å². The van der Waals surface area contributed by atoms with E-state index in [9.17, 15) is 9.18 Å². The lowest BCUT2D eigenvalue weighted by molar-refractivity contribution is 0.102. The molecule has 0 aliphatic heterocycles. The summed E-state index contributed by atoms with van der Waals surface area (Å²) < 4.78 is 13.6. The van der Waals surface area contributed by atoms with Crippen molar-refractivity contribution in [1.82, 2.24) is 4.98 Å². The van der Waals surface area contributed by atoms with Gasteiger partial charge in [-0.3, -0.25) is 9.78 Å². The molecule has 27 heavy (non-hydrogen) atoms. The third-order valence-electron chi connectivity index (χ3n) is 3.95. The van der Waals surface area contributed by atoms with Gasteiger partial charge in [-0.2, -0.15) is 5.26 Å². The van der Waals surface area contributed by atoms with E-state index < -0.39 is 0 Å². The Labute approximate surface area is 156 Å². The molecule has 0 aliphatic rings. The number of pyridine rings is 1. The molecular formula is C21H17FN4O. The molecule has 3 aromatic rings. The number of carbonyl (C=O) groups excluding carboxylic acids is 1. The molecule has 0 saturated heterocycles. The minimum atomic E-state index is -0.350. The fraction of sp³-hybridized carbons (Fsp3) is 0.0952. The summed E-state index contributed by atoms with van der Waals surface area (Å²) in [5.41, 5.74) is 2.73. The summed E-state index contributed by atoms with van der Waals surface area (Å²) in [6, 6.07) is 18.6. The molecule has 0 radical (unpaired) electrons. The molecule has 5 nitrogen and oxygen atoms in total. The van der Waals surface area contributed by atoms with Crippen molar-refractivity contribution in [2.75, 3.05) is 17.2 Å². The van der Waals surface area contributed by atoms with Gasteiger partial charge in [-0.1, -0.05) is 18.2 Å². The van der Waals surface area contributed by atoms with E-state index in [1.54, 1.807) is 60.8 Å². The van der Waals surface area contributed by atoms with Crippen LogP contribution in [0.2, 0.25) is 0 Å². The number of aromatic nitrogens is 1. The van der Waals surface area contributed by atoms with Crippen LogP contribution >= 0.6 is 0 Å². The minimum absolute atomic E-state index is 0.225. The Kier molecular flexibility index (Phi) is 5.75. The van der Waals surface area contributed by atoms with Crippen molar-refractivity contribution in [3.05, 3.63) is 89.5 Å². The van der Waals surface area contributed by atoms with Gasteiger partial charge >= 0.3 is 0 Å². The van der Waals surface area contributed by atoms with Crippen LogP contribution in [0.25, 0.3) is 0 Å². The van der Waals surface area contributed by atoms with Crippen molar-refractivity contribution in [3.8, 4) is 6.07 Å². The summed E-state index contributed by atoms with van der Waals surface area (Å²) in [6.07, 6.45) is 2.07. The maximum Gasteiger partial charge on any atom is 0.274 e. The number of halogens is 1. The summed E-state index contributed by atoms with van der Waals surface area (Å²) in [4.78, 5) is 16.4. The molecule has 2 aromatic carbocycles. The fourth-order valence-corrected chi connectivity index (χ4v) is 2.53. The highest BCUT2D eigenvalue weighted by atomic mass is 19.1. The number of amides is 1. The van der Waals surface area contributed by atoms with Crippen LogP contribution in [0, 0.1) is 17.1 Å². The van der Waals surface area contributed by atoms with E-state index in [1.807, 2.05) is 6.07 Å². The smallest absolute Gasteiger partial charge is 0.274 e. The molecule has 0 spiro atoms. The predicted molar refractivity (Wildman–Crippen MR) is 102 cm³/mol. The van der Waals surface area contributed by atoms with Crippen LogP contribution in [-0.2, 0) is 6.42 Å². The van der Waals surface area contributed by atoms with Gasteiger partial charge in [-0.15, -0.1) is 0 Å². The van der Waals surface area contributed by atoms with Crippen molar-refractivity contribution < 1.29 is 9.18 Å². The molecule has 0 atom stereocenters. The first-order valence-electron chi connectivity index (χ1n) is 8.40. The lowest BCUT2D eigenvalue weighted by Crippen LogP contribution is -2.14. The molecule has 0 unspecified atom stereocenters. The topological polar surface area (TPSA) is 77.8 Å². The molecular weight excluding hydrogens is 343 g/mol. The zero-order chi connectivity index (χ0) is 19.1. The van der Waals surface area contributed by atoms with Gasteiger partial charge in [0.05, 0.1) is 11.6 Å². The highest BCUT2D eigenvalue weighted by molar-refractivity contribution is 6.03. The monoisotopic (exact) mass is 360 g/mol. The standard InChI is InChI=1S/C21H17FN4O/c22-19-4-2-1-3-16(19)9-11-24-18-10-12-25-20(13-18)21(27)26-17-7-5-15(14-23)6-8-17/h1-8,10,12-13H,9,11H2,(H,24,25)(H,26,27). The number of hydrogen-bond acceptors (Lipinski definition) is 4. The van der Waals surface area contributed by atoms with Crippen LogP contribution in [0.4, 0.5) is 15.8 Å². The van der Waals surface area contributed by atoms with Crippen molar-refractivity contribution in [3.63, 3.8) is 0 Å². The van der Waals surface area contributed by atoms with Crippen LogP contribution in [0.5, 0.6) is 0 Å². The molecule has 3 rings (SSSR count). The van der Waals surface area contributed by atoms with Crippen molar-refractivity contribution >= 4 is 17.3 Å². The average molecular weight is 360 g/mol. The van der Waals surface area contributed by atoms with Crippen LogP contribution in [0.1, 0.15) is 21.6 Å². The van der Waals surface area contributed by atoms with Gasteiger partial charge in [-0.25, -0.2) is 4.39 Å². The molecule has 0 saturated carbocycles. The number of benzene rings is 2. The van der Waals surface area contributed by atoms with Gasteiger partial charge in [0.1, 0.15) is 11.5 Å². The number of carbonyl (C=O) groups is 1. The molecule has 1 heterocycles. The molecule has 1 amide bonds. The quantitative estimate of drug-likeness (QED) is 0.696. The number of hydrogen-bond donors (Lipinski definition) is 2. The van der Waals surface area contributed by atoms with Gasteiger partial charge in [0.2, 0.25) is 0 Å². The maximum atomic E-state index is 13.6. The van der Waals surface area contributed by atoms with Crippen LogP contribution in [0.3, 0.4) is 0 Å². The number of rotatable bonds is 6. The molecule has 6 heteroatoms. The van der Waals surface area contributed by atoms with E-state index in [0.717, 1.165) is 5.69 Å². The Morgan fingerprint density at radius 3 is 2.59 bits per heavy atom. The van der Waals surface area contributed by atoms with Crippen LogP contribution in [0.15, 0.2) is 66.9 Å². The number of nitrogens with one attached hydrogen (secondary N) is 2. The highest BCUT2D eigenvalue weighted by Gasteiger charge is 2.09. The van der Waals surface area contributed by atoms with Crippen molar-refractivity contribution in [2.24, 2.45) is 0 Å². The number of anilines is 2. The van der Waals surface area contributed by atoms with E-state index in [-0.39, 0.29) is 17.4 Å². The van der Waals surface area contributed by atoms with E-state index in [2.05, 4.69) is 15.6 Å². The van der Waals surface area contributed by atoms with Gasteiger partial charge in [0.25, 0.3) is 5.91 Å². The van der Waals surface area contributed by atoms with E-state index >= 15 is 0 Å². The predicted octanol–water partition coefficient (Wildman–Crippen LogP) is 4.00. The number of nitrogens with zero attached hydrogens (tertiary/aromatic N) is 2. The lowest BCUT2D eigenvalue weighted by atomic mass is 10.1. The Morgan fingerprint density at radius 2 is 1.85 bits per heavy atom. The lowest BCUT2D eigenvalue weighted by Gasteiger charge is -2.09. The largest absolute Gasteiger partial charge is 0.385 e. The zero-order valence-corrected chi connectivity index (χ0v) is 14.4. The average Bonchev–Trinajstić information content (AvgIpc) is 2.70. The van der Waals surface area contributed by atoms with E-state index in [1.165, 1.54) is 6.07 Å². The summed E-state index contributed by atoms with van der Waals surface area (Å²) in [6.45, 7) is 0.529. The maximum absolute atomic E-state index is 13.6. The highest BCUT2D eigenvalue weighted by Crippen LogP contribution is 2.13. The first-order chi connectivity index (χ1) is 13.2. The molecule has 134 valence electrons. The van der Waals surface area contributed by atoms with Gasteiger partial charge in [0, 0.05) is 24.1 Å². The third kappa shape index (κ3) is 4.89. The third-order valence-corrected chi connectivity index (χ3v) is 3.95. The minimum Gasteiger partial charge on any atom is -0.385 e. The van der Waals surface area contributed by atoms with Crippen LogP contribution in [-0.4, -0.2) is 17.4 Å². The zero-order valence-electron chi connectivity index (χ0n) is 14.4. The molecule has 0 bridgehead atoms. The molecule has 0 fully saturated rings. The van der Waals surface area contributed by atoms with Gasteiger partial charge in [0.15, 0.2) is 0 Å². The SMILES string of the molecule is N#Cc1ccc(NC(=O)c2cc(NCCc3ccccc3F)ccn2)cc1. The van der Waals surface area contributed by atoms with Crippen molar-refractivity contribution in [1.29, 1.82) is 5.26 Å². The fourth-order valence-electron chi connectivity index (χ4n) is 2.53.